The third kappa shape index (κ3) is 3.31. The summed E-state index contributed by atoms with van der Waals surface area (Å²) in [5, 5.41) is 15.2. The molecule has 0 radical (unpaired) electrons. The fourth-order valence-electron chi connectivity index (χ4n) is 2.20. The van der Waals surface area contributed by atoms with E-state index in [-0.39, 0.29) is 0 Å². The Morgan fingerprint density at radius 2 is 1.92 bits per heavy atom. The molecule has 1 heterocycles. The molecule has 3 rings (SSSR count). The van der Waals surface area contributed by atoms with Crippen molar-refractivity contribution in [2.45, 2.75) is 4.90 Å². The number of benzene rings is 2. The molecule has 0 aliphatic carbocycles. The van der Waals surface area contributed by atoms with Crippen molar-refractivity contribution in [3.05, 3.63) is 66.0 Å². The fourth-order valence-corrected chi connectivity index (χ4v) is 2.70. The Hall–Kier alpha value is -3.04. The number of thioether (sulfide) groups is 1. The first-order valence-electron chi connectivity index (χ1n) is 7.11. The van der Waals surface area contributed by atoms with Crippen LogP contribution >= 0.6 is 11.8 Å². The van der Waals surface area contributed by atoms with Gasteiger partial charge >= 0.3 is 5.97 Å². The average molecular weight is 335 g/mol. The summed E-state index contributed by atoms with van der Waals surface area (Å²) in [5.74, 6) is 0.00346. The van der Waals surface area contributed by atoms with Crippen LogP contribution < -0.4 is 4.74 Å². The minimum absolute atomic E-state index is 0.297. The maximum atomic E-state index is 12.1. The third-order valence-electron chi connectivity index (χ3n) is 3.43. The van der Waals surface area contributed by atoms with E-state index < -0.39 is 5.97 Å². The summed E-state index contributed by atoms with van der Waals surface area (Å²) in [6.45, 7) is 0. The van der Waals surface area contributed by atoms with E-state index in [1.807, 2.05) is 36.6 Å². The molecular weight excluding hydrogens is 322 g/mol. The summed E-state index contributed by atoms with van der Waals surface area (Å²) in [7, 11) is 0. The highest BCUT2D eigenvalue weighted by Crippen LogP contribution is 2.33. The minimum Gasteiger partial charge on any atom is -0.421 e. The molecule has 0 saturated carbocycles. The monoisotopic (exact) mass is 335 g/mol. The SMILES string of the molecule is CSc1ccc(-c2ccc(C#N)cc2)cc1OC(=O)c1ccn[nH]1. The van der Waals surface area contributed by atoms with E-state index in [1.165, 1.54) is 18.0 Å². The number of ether oxygens (including phenoxy) is 1. The van der Waals surface area contributed by atoms with Crippen molar-refractivity contribution >= 4 is 17.7 Å². The van der Waals surface area contributed by atoms with Gasteiger partial charge in [0.15, 0.2) is 0 Å². The molecule has 3 aromatic rings. The predicted molar refractivity (Wildman–Crippen MR) is 91.9 cm³/mol. The number of carbonyl (C=O) groups excluding carboxylic acids is 1. The molecule has 5 nitrogen and oxygen atoms in total. The molecule has 0 unspecified atom stereocenters. The first-order valence-corrected chi connectivity index (χ1v) is 8.34. The smallest absolute Gasteiger partial charge is 0.361 e. The van der Waals surface area contributed by atoms with Gasteiger partial charge in [0.25, 0.3) is 0 Å². The lowest BCUT2D eigenvalue weighted by Gasteiger charge is -2.10. The van der Waals surface area contributed by atoms with E-state index >= 15 is 0 Å². The molecule has 0 amide bonds. The van der Waals surface area contributed by atoms with Gasteiger partial charge in [-0.3, -0.25) is 5.10 Å². The van der Waals surface area contributed by atoms with Crippen molar-refractivity contribution < 1.29 is 9.53 Å². The second-order valence-electron chi connectivity index (χ2n) is 4.91. The highest BCUT2D eigenvalue weighted by Gasteiger charge is 2.14. The third-order valence-corrected chi connectivity index (χ3v) is 4.21. The summed E-state index contributed by atoms with van der Waals surface area (Å²) < 4.78 is 5.50. The summed E-state index contributed by atoms with van der Waals surface area (Å²) in [6, 6.07) is 16.6. The molecular formula is C18H13N3O2S. The molecule has 0 spiro atoms. The van der Waals surface area contributed by atoms with Crippen LogP contribution in [0.2, 0.25) is 0 Å². The number of esters is 1. The molecule has 24 heavy (non-hydrogen) atoms. The van der Waals surface area contributed by atoms with Crippen LogP contribution in [-0.2, 0) is 0 Å². The van der Waals surface area contributed by atoms with Crippen LogP contribution in [0.3, 0.4) is 0 Å². The number of rotatable bonds is 4. The molecule has 118 valence electrons. The van der Waals surface area contributed by atoms with Crippen molar-refractivity contribution in [3.8, 4) is 22.9 Å². The largest absolute Gasteiger partial charge is 0.421 e. The number of nitriles is 1. The molecule has 6 heteroatoms. The number of aromatic amines is 1. The number of hydrogen-bond acceptors (Lipinski definition) is 5. The maximum absolute atomic E-state index is 12.1. The second-order valence-corrected chi connectivity index (χ2v) is 5.76. The molecule has 1 N–H and O–H groups in total. The number of hydrogen-bond donors (Lipinski definition) is 1. The minimum atomic E-state index is -0.486. The quantitative estimate of drug-likeness (QED) is 0.444. The van der Waals surface area contributed by atoms with Gasteiger partial charge in [-0.1, -0.05) is 18.2 Å². The molecule has 0 bridgehead atoms. The van der Waals surface area contributed by atoms with Gasteiger partial charge in [0.05, 0.1) is 11.6 Å². The zero-order valence-electron chi connectivity index (χ0n) is 12.8. The molecule has 2 aromatic carbocycles. The van der Waals surface area contributed by atoms with E-state index in [2.05, 4.69) is 16.3 Å². The van der Waals surface area contributed by atoms with Crippen LogP contribution in [-0.4, -0.2) is 22.4 Å². The zero-order chi connectivity index (χ0) is 16.9. The molecule has 0 atom stereocenters. The summed E-state index contributed by atoms with van der Waals surface area (Å²) in [4.78, 5) is 13.0. The highest BCUT2D eigenvalue weighted by atomic mass is 32.2. The van der Waals surface area contributed by atoms with Gasteiger partial charge in [-0.25, -0.2) is 4.79 Å². The number of carbonyl (C=O) groups is 1. The van der Waals surface area contributed by atoms with Crippen molar-refractivity contribution in [1.82, 2.24) is 10.2 Å². The zero-order valence-corrected chi connectivity index (χ0v) is 13.6. The number of H-pyrrole nitrogens is 1. The Kier molecular flexibility index (Phi) is 4.64. The fraction of sp³-hybridized carbons (Fsp3) is 0.0556. The van der Waals surface area contributed by atoms with Gasteiger partial charge in [0, 0.05) is 11.1 Å². The predicted octanol–water partition coefficient (Wildman–Crippen LogP) is 3.89. The van der Waals surface area contributed by atoms with E-state index in [9.17, 15) is 4.79 Å². The van der Waals surface area contributed by atoms with Crippen LogP contribution in [0.4, 0.5) is 0 Å². The summed E-state index contributed by atoms with van der Waals surface area (Å²) in [6.07, 6.45) is 3.42. The molecule has 0 aliphatic heterocycles. The second kappa shape index (κ2) is 7.02. The summed E-state index contributed by atoms with van der Waals surface area (Å²) in [5.41, 5.74) is 2.75. The lowest BCUT2D eigenvalue weighted by atomic mass is 10.0. The van der Waals surface area contributed by atoms with Crippen LogP contribution in [0.1, 0.15) is 16.1 Å². The van der Waals surface area contributed by atoms with Crippen molar-refractivity contribution in [2.24, 2.45) is 0 Å². The maximum Gasteiger partial charge on any atom is 0.361 e. The normalized spacial score (nSPS) is 10.2. The Labute approximate surface area is 143 Å². The van der Waals surface area contributed by atoms with Crippen LogP contribution in [0, 0.1) is 11.3 Å². The Morgan fingerprint density at radius 1 is 1.17 bits per heavy atom. The number of aromatic nitrogens is 2. The Bertz CT molecular complexity index is 897. The van der Waals surface area contributed by atoms with Crippen LogP contribution in [0.15, 0.2) is 59.6 Å². The summed E-state index contributed by atoms with van der Waals surface area (Å²) >= 11 is 1.50. The van der Waals surface area contributed by atoms with Gasteiger partial charge < -0.3 is 4.74 Å². The van der Waals surface area contributed by atoms with Gasteiger partial charge in [-0.2, -0.15) is 10.4 Å². The standard InChI is InChI=1S/C18H13N3O2S/c1-24-17-7-6-14(13-4-2-12(11-19)3-5-13)10-16(17)23-18(22)15-8-9-20-21-15/h2-10H,1H3,(H,20,21). The van der Waals surface area contributed by atoms with Gasteiger partial charge in [0.2, 0.25) is 0 Å². The van der Waals surface area contributed by atoms with Crippen molar-refractivity contribution in [3.63, 3.8) is 0 Å². The first-order chi connectivity index (χ1) is 11.7. The Balaban J connectivity index is 1.93. The van der Waals surface area contributed by atoms with Gasteiger partial charge in [-0.15, -0.1) is 11.8 Å². The first kappa shape index (κ1) is 15.8. The van der Waals surface area contributed by atoms with E-state index in [0.29, 0.717) is 17.0 Å². The molecule has 0 saturated heterocycles. The number of nitrogens with one attached hydrogen (secondary N) is 1. The van der Waals surface area contributed by atoms with Crippen LogP contribution in [0.5, 0.6) is 5.75 Å². The molecule has 1 aromatic heterocycles. The van der Waals surface area contributed by atoms with E-state index in [1.54, 1.807) is 18.2 Å². The number of nitrogens with zero attached hydrogens (tertiary/aromatic N) is 2. The highest BCUT2D eigenvalue weighted by molar-refractivity contribution is 7.98. The lowest BCUT2D eigenvalue weighted by molar-refractivity contribution is 0.0724. The van der Waals surface area contributed by atoms with Crippen LogP contribution in [0.25, 0.3) is 11.1 Å². The van der Waals surface area contributed by atoms with Gasteiger partial charge in [-0.05, 0) is 47.7 Å². The van der Waals surface area contributed by atoms with E-state index in [4.69, 9.17) is 10.00 Å². The van der Waals surface area contributed by atoms with Gasteiger partial charge in [0.1, 0.15) is 11.4 Å². The Morgan fingerprint density at radius 3 is 2.54 bits per heavy atom. The average Bonchev–Trinajstić information content (AvgIpc) is 3.16. The molecule has 0 fully saturated rings. The lowest BCUT2D eigenvalue weighted by Crippen LogP contribution is -2.09. The van der Waals surface area contributed by atoms with Crippen molar-refractivity contribution in [2.75, 3.05) is 6.26 Å². The van der Waals surface area contributed by atoms with Crippen molar-refractivity contribution in [1.29, 1.82) is 5.26 Å². The topological polar surface area (TPSA) is 78.8 Å². The van der Waals surface area contributed by atoms with E-state index in [0.717, 1.165) is 16.0 Å². The molecule has 0 aliphatic rings.